The molecule has 5 rings (SSSR count). The van der Waals surface area contributed by atoms with E-state index in [1.165, 1.54) is 17.0 Å². The van der Waals surface area contributed by atoms with Gasteiger partial charge in [-0.05, 0) is 18.2 Å². The number of likely N-dealkylation sites (N-methyl/N-ethyl adjacent to an activating group) is 1. The number of nitrogen functional groups attached to an aromatic ring is 1. The fraction of sp³-hybridized carbons (Fsp3) is 0.182. The first-order valence-corrected chi connectivity index (χ1v) is 9.53. The third-order valence-electron chi connectivity index (χ3n) is 5.71. The van der Waals surface area contributed by atoms with Crippen LogP contribution in [0.15, 0.2) is 36.5 Å². The van der Waals surface area contributed by atoms with Crippen molar-refractivity contribution in [1.29, 1.82) is 5.26 Å². The number of amides is 1. The van der Waals surface area contributed by atoms with Crippen LogP contribution < -0.4 is 10.5 Å². The van der Waals surface area contributed by atoms with Crippen molar-refractivity contribution in [1.82, 2.24) is 19.7 Å². The number of nitriles is 1. The number of benzene rings is 2. The fourth-order valence-corrected chi connectivity index (χ4v) is 4.07. The number of nitrogens with two attached hydrogens (primary N) is 1. The first-order valence-electron chi connectivity index (χ1n) is 9.53. The van der Waals surface area contributed by atoms with Gasteiger partial charge >= 0.3 is 0 Å². The van der Waals surface area contributed by atoms with E-state index in [2.05, 4.69) is 16.2 Å². The molecule has 1 amide bonds. The molecule has 1 unspecified atom stereocenters. The molecule has 0 bridgehead atoms. The highest BCUT2D eigenvalue weighted by Crippen LogP contribution is 2.37. The summed E-state index contributed by atoms with van der Waals surface area (Å²) in [5.74, 6) is -0.369. The minimum atomic E-state index is -0.682. The SMILES string of the molecule is CN(C(=O)c1cc2c(cc1F)nc(N)c1c2cnn1C)C1COc2cc(C#N)ccc21. The van der Waals surface area contributed by atoms with Crippen LogP contribution in [0.3, 0.4) is 0 Å². The number of hydrogen-bond acceptors (Lipinski definition) is 6. The average molecular weight is 416 g/mol. The molecule has 0 fully saturated rings. The van der Waals surface area contributed by atoms with E-state index in [-0.39, 0.29) is 18.0 Å². The number of anilines is 1. The van der Waals surface area contributed by atoms with Crippen LogP contribution in [0, 0.1) is 17.1 Å². The number of rotatable bonds is 2. The Kier molecular flexibility index (Phi) is 4.05. The zero-order valence-electron chi connectivity index (χ0n) is 16.8. The van der Waals surface area contributed by atoms with Crippen molar-refractivity contribution < 1.29 is 13.9 Å². The zero-order valence-corrected chi connectivity index (χ0v) is 16.8. The standard InChI is InChI=1S/C22H17FN6O2/c1-28(18-10-31-19-5-11(8-24)3-4-12(18)19)22(30)14-6-13-15-9-26-29(2)20(15)21(25)27-17(13)7-16(14)23/h3-7,9,18H,10H2,1-2H3,(H2,25,27). The smallest absolute Gasteiger partial charge is 0.257 e. The van der Waals surface area contributed by atoms with E-state index in [1.54, 1.807) is 43.2 Å². The molecule has 31 heavy (non-hydrogen) atoms. The van der Waals surface area contributed by atoms with Crippen molar-refractivity contribution in [2.24, 2.45) is 7.05 Å². The van der Waals surface area contributed by atoms with Crippen LogP contribution in [0.5, 0.6) is 5.75 Å². The van der Waals surface area contributed by atoms with Crippen molar-refractivity contribution >= 4 is 33.5 Å². The largest absolute Gasteiger partial charge is 0.491 e. The number of ether oxygens (including phenoxy) is 1. The molecule has 0 spiro atoms. The summed E-state index contributed by atoms with van der Waals surface area (Å²) in [6.07, 6.45) is 1.62. The summed E-state index contributed by atoms with van der Waals surface area (Å²) in [4.78, 5) is 19.0. The highest BCUT2D eigenvalue weighted by Gasteiger charge is 2.32. The van der Waals surface area contributed by atoms with Gasteiger partial charge in [0.25, 0.3) is 5.91 Å². The number of pyridine rings is 1. The lowest BCUT2D eigenvalue weighted by atomic mass is 10.0. The Morgan fingerprint density at radius 3 is 2.94 bits per heavy atom. The average Bonchev–Trinajstić information content (AvgIpc) is 3.36. The van der Waals surface area contributed by atoms with Crippen LogP contribution in [0.4, 0.5) is 10.2 Å². The normalized spacial score (nSPS) is 15.0. The minimum Gasteiger partial charge on any atom is -0.491 e. The van der Waals surface area contributed by atoms with Gasteiger partial charge in [0.15, 0.2) is 0 Å². The second-order valence-corrected chi connectivity index (χ2v) is 7.48. The summed E-state index contributed by atoms with van der Waals surface area (Å²) in [5, 5.41) is 14.6. The van der Waals surface area contributed by atoms with Gasteiger partial charge in [-0.1, -0.05) is 6.07 Å². The summed E-state index contributed by atoms with van der Waals surface area (Å²) in [6.45, 7) is 0.229. The number of fused-ring (bicyclic) bond motifs is 4. The summed E-state index contributed by atoms with van der Waals surface area (Å²) >= 11 is 0. The Balaban J connectivity index is 1.57. The third-order valence-corrected chi connectivity index (χ3v) is 5.71. The molecule has 9 heteroatoms. The second-order valence-electron chi connectivity index (χ2n) is 7.48. The quantitative estimate of drug-likeness (QED) is 0.538. The van der Waals surface area contributed by atoms with Gasteiger partial charge in [0.05, 0.1) is 35.0 Å². The Bertz CT molecular complexity index is 1440. The van der Waals surface area contributed by atoms with E-state index in [4.69, 9.17) is 15.7 Å². The second kappa shape index (κ2) is 6.67. The molecule has 2 N–H and O–H groups in total. The van der Waals surface area contributed by atoms with Gasteiger partial charge in [0, 0.05) is 36.5 Å². The molecule has 2 aromatic heterocycles. The number of carbonyl (C=O) groups excluding carboxylic acids is 1. The Morgan fingerprint density at radius 1 is 1.35 bits per heavy atom. The van der Waals surface area contributed by atoms with Gasteiger partial charge in [-0.15, -0.1) is 0 Å². The molecular weight excluding hydrogens is 399 g/mol. The van der Waals surface area contributed by atoms with Crippen LogP contribution in [-0.4, -0.2) is 39.2 Å². The predicted octanol–water partition coefficient (Wildman–Crippen LogP) is 2.92. The maximum Gasteiger partial charge on any atom is 0.257 e. The van der Waals surface area contributed by atoms with Crippen molar-refractivity contribution in [3.8, 4) is 11.8 Å². The highest BCUT2D eigenvalue weighted by molar-refractivity contribution is 6.10. The topological polar surface area (TPSA) is 110 Å². The van der Waals surface area contributed by atoms with Gasteiger partial charge in [0.1, 0.15) is 29.5 Å². The van der Waals surface area contributed by atoms with Crippen molar-refractivity contribution in [3.05, 3.63) is 59.0 Å². The monoisotopic (exact) mass is 416 g/mol. The number of hydrogen-bond donors (Lipinski definition) is 1. The first-order chi connectivity index (χ1) is 14.9. The number of aromatic nitrogens is 3. The lowest BCUT2D eigenvalue weighted by Crippen LogP contribution is -2.32. The zero-order chi connectivity index (χ0) is 21.9. The molecule has 1 aliphatic heterocycles. The number of halogens is 1. The molecule has 2 aromatic carbocycles. The molecule has 8 nitrogen and oxygen atoms in total. The van der Waals surface area contributed by atoms with Crippen LogP contribution >= 0.6 is 0 Å². The molecule has 4 aromatic rings. The molecule has 0 radical (unpaired) electrons. The van der Waals surface area contributed by atoms with Crippen molar-refractivity contribution in [3.63, 3.8) is 0 Å². The third kappa shape index (κ3) is 2.76. The highest BCUT2D eigenvalue weighted by atomic mass is 19.1. The van der Waals surface area contributed by atoms with Gasteiger partial charge in [-0.25, -0.2) is 9.37 Å². The van der Waals surface area contributed by atoms with E-state index >= 15 is 0 Å². The number of carbonyl (C=O) groups is 1. The lowest BCUT2D eigenvalue weighted by molar-refractivity contribution is 0.0704. The predicted molar refractivity (Wildman–Crippen MR) is 112 cm³/mol. The molecule has 1 aliphatic rings. The van der Waals surface area contributed by atoms with Gasteiger partial charge in [-0.2, -0.15) is 10.4 Å². The Morgan fingerprint density at radius 2 is 2.16 bits per heavy atom. The Hall–Kier alpha value is -4.19. The van der Waals surface area contributed by atoms with E-state index in [0.717, 1.165) is 5.56 Å². The van der Waals surface area contributed by atoms with Crippen LogP contribution in [0.25, 0.3) is 21.8 Å². The number of aryl methyl sites for hydroxylation is 1. The molecule has 1 atom stereocenters. The van der Waals surface area contributed by atoms with Crippen LogP contribution in [0.1, 0.15) is 27.5 Å². The summed E-state index contributed by atoms with van der Waals surface area (Å²) in [5.41, 5.74) is 8.16. The van der Waals surface area contributed by atoms with Crippen molar-refractivity contribution in [2.45, 2.75) is 6.04 Å². The van der Waals surface area contributed by atoms with Crippen LogP contribution in [-0.2, 0) is 7.05 Å². The van der Waals surface area contributed by atoms with Gasteiger partial charge in [-0.3, -0.25) is 9.48 Å². The van der Waals surface area contributed by atoms with Gasteiger partial charge in [0.2, 0.25) is 0 Å². The molecule has 3 heterocycles. The Labute approximate surface area is 176 Å². The summed E-state index contributed by atoms with van der Waals surface area (Å²) in [7, 11) is 3.35. The van der Waals surface area contributed by atoms with Crippen molar-refractivity contribution in [2.75, 3.05) is 19.4 Å². The molecule has 154 valence electrons. The van der Waals surface area contributed by atoms with E-state index in [1.807, 2.05) is 0 Å². The summed E-state index contributed by atoms with van der Waals surface area (Å²) < 4.78 is 22.2. The van der Waals surface area contributed by atoms with Crippen LogP contribution in [0.2, 0.25) is 0 Å². The molecule has 0 saturated heterocycles. The first kappa shape index (κ1) is 18.8. The maximum atomic E-state index is 14.9. The van der Waals surface area contributed by atoms with E-state index in [0.29, 0.717) is 33.1 Å². The maximum absolute atomic E-state index is 14.9. The molecule has 0 saturated carbocycles. The lowest BCUT2D eigenvalue weighted by Gasteiger charge is -2.24. The number of nitrogens with zero attached hydrogens (tertiary/aromatic N) is 5. The van der Waals surface area contributed by atoms with E-state index < -0.39 is 17.8 Å². The van der Waals surface area contributed by atoms with E-state index in [9.17, 15) is 9.18 Å². The summed E-state index contributed by atoms with van der Waals surface area (Å²) in [6, 6.07) is 9.45. The molecular formula is C22H17FN6O2. The fourth-order valence-electron chi connectivity index (χ4n) is 4.07. The van der Waals surface area contributed by atoms with Gasteiger partial charge < -0.3 is 15.4 Å². The molecule has 0 aliphatic carbocycles. The minimum absolute atomic E-state index is 0.0752.